The molecule has 0 aliphatic carbocycles. The van der Waals surface area contributed by atoms with Crippen molar-refractivity contribution in [2.24, 2.45) is 0 Å². The fourth-order valence-electron chi connectivity index (χ4n) is 4.13. The molecule has 2 heterocycles. The molecular formula is C27H31NO. The molecule has 4 rings (SSSR count). The number of H-pyrrole nitrogens is 1. The molecule has 0 fully saturated rings. The second kappa shape index (κ2) is 7.94. The van der Waals surface area contributed by atoms with Crippen LogP contribution in [0.5, 0.6) is 5.75 Å². The zero-order chi connectivity index (χ0) is 20.4. The standard InChI is InChI=1S/C27H31NO/c1-19(2)9-7-10-20(3)11-8-17-27(4)18-16-21-14-15-24-25(26(21)29-27)22-12-5-6-13-23(22)28-24/h5-6,9,11-16,18,28H,7-8,10,17H2,1-4H3. The Kier molecular flexibility index (Phi) is 5.36. The predicted molar refractivity (Wildman–Crippen MR) is 126 cm³/mol. The lowest BCUT2D eigenvalue weighted by Gasteiger charge is -2.32. The number of aromatic nitrogens is 1. The average Bonchev–Trinajstić information content (AvgIpc) is 3.06. The van der Waals surface area contributed by atoms with E-state index in [1.807, 2.05) is 0 Å². The number of benzene rings is 2. The molecule has 0 saturated heterocycles. The van der Waals surface area contributed by atoms with Crippen LogP contribution in [0, 0.1) is 0 Å². The summed E-state index contributed by atoms with van der Waals surface area (Å²) in [6.07, 6.45) is 13.4. The minimum absolute atomic E-state index is 0.281. The van der Waals surface area contributed by atoms with Crippen molar-refractivity contribution < 1.29 is 4.74 Å². The van der Waals surface area contributed by atoms with Crippen LogP contribution in [-0.4, -0.2) is 10.6 Å². The molecule has 150 valence electrons. The Labute approximate surface area is 174 Å². The highest BCUT2D eigenvalue weighted by Gasteiger charge is 2.28. The van der Waals surface area contributed by atoms with Crippen LogP contribution in [0.15, 0.2) is 65.8 Å². The van der Waals surface area contributed by atoms with Gasteiger partial charge in [0, 0.05) is 16.5 Å². The molecular weight excluding hydrogens is 354 g/mol. The van der Waals surface area contributed by atoms with Gasteiger partial charge in [0.2, 0.25) is 0 Å². The fourth-order valence-corrected chi connectivity index (χ4v) is 4.13. The number of ether oxygens (including phenoxy) is 1. The molecule has 1 N–H and O–H groups in total. The Morgan fingerprint density at radius 2 is 1.83 bits per heavy atom. The number of hydrogen-bond acceptors (Lipinski definition) is 1. The first kappa shape index (κ1) is 19.6. The quantitative estimate of drug-likeness (QED) is 0.428. The molecule has 0 bridgehead atoms. The number of aromatic amines is 1. The van der Waals surface area contributed by atoms with Crippen LogP contribution in [0.3, 0.4) is 0 Å². The van der Waals surface area contributed by atoms with Gasteiger partial charge >= 0.3 is 0 Å². The zero-order valence-corrected chi connectivity index (χ0v) is 18.0. The van der Waals surface area contributed by atoms with Crippen molar-refractivity contribution in [1.82, 2.24) is 4.98 Å². The van der Waals surface area contributed by atoms with Crippen LogP contribution < -0.4 is 4.74 Å². The summed E-state index contributed by atoms with van der Waals surface area (Å²) in [6, 6.07) is 12.8. The van der Waals surface area contributed by atoms with Crippen molar-refractivity contribution in [2.45, 2.75) is 59.0 Å². The highest BCUT2D eigenvalue weighted by molar-refractivity contribution is 6.11. The van der Waals surface area contributed by atoms with E-state index in [9.17, 15) is 0 Å². The van der Waals surface area contributed by atoms with Crippen LogP contribution in [-0.2, 0) is 0 Å². The van der Waals surface area contributed by atoms with E-state index in [1.54, 1.807) is 0 Å². The average molecular weight is 386 g/mol. The molecule has 3 aromatic rings. The first-order valence-corrected chi connectivity index (χ1v) is 10.7. The normalized spacial score (nSPS) is 18.7. The lowest BCUT2D eigenvalue weighted by atomic mass is 9.93. The molecule has 1 unspecified atom stereocenters. The smallest absolute Gasteiger partial charge is 0.137 e. The van der Waals surface area contributed by atoms with Gasteiger partial charge in [0.15, 0.2) is 0 Å². The van der Waals surface area contributed by atoms with E-state index in [0.717, 1.165) is 48.0 Å². The molecule has 1 atom stereocenters. The first-order chi connectivity index (χ1) is 14.0. The van der Waals surface area contributed by atoms with Crippen molar-refractivity contribution >= 4 is 27.9 Å². The van der Waals surface area contributed by atoms with Gasteiger partial charge in [0.1, 0.15) is 11.4 Å². The van der Waals surface area contributed by atoms with Crippen LogP contribution in [0.4, 0.5) is 0 Å². The van der Waals surface area contributed by atoms with Gasteiger partial charge in [-0.1, -0.05) is 47.6 Å². The predicted octanol–water partition coefficient (Wildman–Crippen LogP) is 7.96. The molecule has 0 amide bonds. The first-order valence-electron chi connectivity index (χ1n) is 10.7. The largest absolute Gasteiger partial charge is 0.482 e. The molecule has 1 aromatic heterocycles. The van der Waals surface area contributed by atoms with E-state index < -0.39 is 0 Å². The van der Waals surface area contributed by atoms with E-state index in [2.05, 4.69) is 93.4 Å². The summed E-state index contributed by atoms with van der Waals surface area (Å²) < 4.78 is 6.65. The van der Waals surface area contributed by atoms with E-state index in [1.165, 1.54) is 21.9 Å². The van der Waals surface area contributed by atoms with Gasteiger partial charge in [-0.25, -0.2) is 0 Å². The lowest BCUT2D eigenvalue weighted by Crippen LogP contribution is -2.31. The fraction of sp³-hybridized carbons (Fsp3) is 0.333. The lowest BCUT2D eigenvalue weighted by molar-refractivity contribution is 0.131. The van der Waals surface area contributed by atoms with Crippen molar-refractivity contribution in [2.75, 3.05) is 0 Å². The Balaban J connectivity index is 1.53. The zero-order valence-electron chi connectivity index (χ0n) is 18.0. The third-order valence-corrected chi connectivity index (χ3v) is 5.83. The maximum Gasteiger partial charge on any atom is 0.137 e. The van der Waals surface area contributed by atoms with Crippen LogP contribution in [0.2, 0.25) is 0 Å². The summed E-state index contributed by atoms with van der Waals surface area (Å²) in [5.41, 5.74) is 6.03. The van der Waals surface area contributed by atoms with Crippen LogP contribution >= 0.6 is 0 Å². The molecule has 1 aliphatic rings. The summed E-state index contributed by atoms with van der Waals surface area (Å²) in [5, 5.41) is 2.43. The SMILES string of the molecule is CC(C)=CCCC(C)=CCCC1(C)C=Cc2ccc3[nH]c4ccccc4c3c2O1. The maximum absolute atomic E-state index is 6.65. The molecule has 0 saturated carbocycles. The number of para-hydroxylation sites is 1. The topological polar surface area (TPSA) is 25.0 Å². The van der Waals surface area contributed by atoms with E-state index in [4.69, 9.17) is 4.74 Å². The van der Waals surface area contributed by atoms with Crippen molar-refractivity contribution in [3.05, 3.63) is 71.3 Å². The summed E-state index contributed by atoms with van der Waals surface area (Å²) in [5.74, 6) is 1.01. The Bertz CT molecular complexity index is 1120. The van der Waals surface area contributed by atoms with Crippen molar-refractivity contribution in [3.8, 4) is 5.75 Å². The van der Waals surface area contributed by atoms with Crippen molar-refractivity contribution in [1.29, 1.82) is 0 Å². The minimum Gasteiger partial charge on any atom is -0.482 e. The Morgan fingerprint density at radius 1 is 1.00 bits per heavy atom. The maximum atomic E-state index is 6.65. The minimum atomic E-state index is -0.281. The van der Waals surface area contributed by atoms with Gasteiger partial charge in [-0.3, -0.25) is 0 Å². The highest BCUT2D eigenvalue weighted by atomic mass is 16.5. The van der Waals surface area contributed by atoms with E-state index in [-0.39, 0.29) is 5.60 Å². The summed E-state index contributed by atoms with van der Waals surface area (Å²) in [6.45, 7) is 8.76. The molecule has 1 aliphatic heterocycles. The molecule has 29 heavy (non-hydrogen) atoms. The van der Waals surface area contributed by atoms with Crippen LogP contribution in [0.25, 0.3) is 27.9 Å². The molecule has 2 aromatic carbocycles. The Morgan fingerprint density at radius 3 is 2.66 bits per heavy atom. The Hall–Kier alpha value is -2.74. The number of fused-ring (bicyclic) bond motifs is 5. The van der Waals surface area contributed by atoms with Gasteiger partial charge in [-0.15, -0.1) is 0 Å². The third-order valence-electron chi connectivity index (χ3n) is 5.83. The van der Waals surface area contributed by atoms with Gasteiger partial charge in [0.25, 0.3) is 0 Å². The van der Waals surface area contributed by atoms with Gasteiger partial charge in [0.05, 0.1) is 10.9 Å². The molecule has 0 spiro atoms. The second-order valence-corrected chi connectivity index (χ2v) is 8.73. The van der Waals surface area contributed by atoms with Gasteiger partial charge in [-0.2, -0.15) is 0 Å². The second-order valence-electron chi connectivity index (χ2n) is 8.73. The number of allylic oxidation sites excluding steroid dienone is 4. The van der Waals surface area contributed by atoms with E-state index in [0.29, 0.717) is 0 Å². The summed E-state index contributed by atoms with van der Waals surface area (Å²) in [4.78, 5) is 3.52. The number of hydrogen-bond donors (Lipinski definition) is 1. The molecule has 0 radical (unpaired) electrons. The summed E-state index contributed by atoms with van der Waals surface area (Å²) in [7, 11) is 0. The number of rotatable bonds is 6. The van der Waals surface area contributed by atoms with Crippen LogP contribution in [0.1, 0.15) is 58.9 Å². The third kappa shape index (κ3) is 4.17. The van der Waals surface area contributed by atoms with E-state index >= 15 is 0 Å². The number of nitrogens with one attached hydrogen (secondary N) is 1. The summed E-state index contributed by atoms with van der Waals surface area (Å²) >= 11 is 0. The molecule has 2 heteroatoms. The van der Waals surface area contributed by atoms with Gasteiger partial charge in [-0.05, 0) is 77.7 Å². The molecule has 2 nitrogen and oxygen atoms in total. The monoisotopic (exact) mass is 385 g/mol. The van der Waals surface area contributed by atoms with Crippen molar-refractivity contribution in [3.63, 3.8) is 0 Å². The highest BCUT2D eigenvalue weighted by Crippen LogP contribution is 2.42. The van der Waals surface area contributed by atoms with Gasteiger partial charge < -0.3 is 9.72 Å².